The van der Waals surface area contributed by atoms with Crippen molar-refractivity contribution in [3.8, 4) is 0 Å². The highest BCUT2D eigenvalue weighted by Crippen LogP contribution is 2.24. The Morgan fingerprint density at radius 3 is 2.75 bits per heavy atom. The Balaban J connectivity index is 1.87. The van der Waals surface area contributed by atoms with Crippen molar-refractivity contribution in [1.29, 1.82) is 0 Å². The summed E-state index contributed by atoms with van der Waals surface area (Å²) in [5.74, 6) is 0. The standard InChI is InChI=1S/C14H14Cl2N2O2/c1-9(6-10-4-5-20-8-10)17-14(19)18-11-2-3-12(15)13(16)7-11/h2-5,7-9H,6H2,1H3,(H2,17,18,19). The van der Waals surface area contributed by atoms with E-state index in [1.165, 1.54) is 0 Å². The van der Waals surface area contributed by atoms with Crippen LogP contribution < -0.4 is 10.6 Å². The number of benzene rings is 1. The Kier molecular flexibility index (Phi) is 4.93. The minimum Gasteiger partial charge on any atom is -0.472 e. The lowest BCUT2D eigenvalue weighted by Gasteiger charge is -2.14. The first-order valence-electron chi connectivity index (χ1n) is 6.08. The normalized spacial score (nSPS) is 11.9. The van der Waals surface area contributed by atoms with Crippen molar-refractivity contribution in [2.45, 2.75) is 19.4 Å². The van der Waals surface area contributed by atoms with E-state index in [4.69, 9.17) is 27.6 Å². The SMILES string of the molecule is CC(Cc1ccoc1)NC(=O)Nc1ccc(Cl)c(Cl)c1. The molecule has 1 unspecified atom stereocenters. The third-order valence-corrected chi connectivity index (χ3v) is 3.42. The highest BCUT2D eigenvalue weighted by atomic mass is 35.5. The van der Waals surface area contributed by atoms with Gasteiger partial charge in [0, 0.05) is 11.7 Å². The first-order chi connectivity index (χ1) is 9.54. The van der Waals surface area contributed by atoms with Crippen LogP contribution in [-0.4, -0.2) is 12.1 Å². The second-order valence-electron chi connectivity index (χ2n) is 4.46. The summed E-state index contributed by atoms with van der Waals surface area (Å²) in [4.78, 5) is 11.8. The van der Waals surface area contributed by atoms with Crippen molar-refractivity contribution in [2.75, 3.05) is 5.32 Å². The minimum absolute atomic E-state index is 0.0182. The maximum absolute atomic E-state index is 11.8. The molecule has 0 fully saturated rings. The monoisotopic (exact) mass is 312 g/mol. The summed E-state index contributed by atoms with van der Waals surface area (Å²) < 4.78 is 4.98. The van der Waals surface area contributed by atoms with E-state index in [0.29, 0.717) is 22.2 Å². The number of nitrogens with one attached hydrogen (secondary N) is 2. The van der Waals surface area contributed by atoms with Crippen LogP contribution in [0.25, 0.3) is 0 Å². The van der Waals surface area contributed by atoms with Crippen molar-refractivity contribution < 1.29 is 9.21 Å². The van der Waals surface area contributed by atoms with Crippen LogP contribution in [0.4, 0.5) is 10.5 Å². The average molecular weight is 313 g/mol. The lowest BCUT2D eigenvalue weighted by Crippen LogP contribution is -2.37. The number of carbonyl (C=O) groups excluding carboxylic acids is 1. The molecule has 0 bridgehead atoms. The lowest BCUT2D eigenvalue weighted by atomic mass is 10.1. The van der Waals surface area contributed by atoms with E-state index in [1.807, 2.05) is 13.0 Å². The Bertz CT molecular complexity index is 585. The van der Waals surface area contributed by atoms with Gasteiger partial charge in [-0.05, 0) is 43.2 Å². The molecule has 0 aliphatic heterocycles. The number of halogens is 2. The second-order valence-corrected chi connectivity index (χ2v) is 5.28. The summed E-state index contributed by atoms with van der Waals surface area (Å²) in [5, 5.41) is 6.39. The van der Waals surface area contributed by atoms with E-state index in [0.717, 1.165) is 5.56 Å². The number of urea groups is 1. The Morgan fingerprint density at radius 1 is 1.30 bits per heavy atom. The zero-order chi connectivity index (χ0) is 14.5. The molecule has 2 aromatic rings. The van der Waals surface area contributed by atoms with Gasteiger partial charge in [0.05, 0.1) is 22.6 Å². The summed E-state index contributed by atoms with van der Waals surface area (Å²) in [5.41, 5.74) is 1.62. The molecule has 2 amide bonds. The van der Waals surface area contributed by atoms with Crippen molar-refractivity contribution in [3.63, 3.8) is 0 Å². The van der Waals surface area contributed by atoms with Gasteiger partial charge in [-0.2, -0.15) is 0 Å². The molecule has 1 aromatic carbocycles. The van der Waals surface area contributed by atoms with Crippen molar-refractivity contribution >= 4 is 34.9 Å². The highest BCUT2D eigenvalue weighted by Gasteiger charge is 2.09. The van der Waals surface area contributed by atoms with Gasteiger partial charge in [-0.15, -0.1) is 0 Å². The van der Waals surface area contributed by atoms with E-state index >= 15 is 0 Å². The van der Waals surface area contributed by atoms with Gasteiger partial charge >= 0.3 is 6.03 Å². The highest BCUT2D eigenvalue weighted by molar-refractivity contribution is 6.42. The second kappa shape index (κ2) is 6.68. The predicted octanol–water partition coefficient (Wildman–Crippen LogP) is 4.34. The number of hydrogen-bond acceptors (Lipinski definition) is 2. The summed E-state index contributed by atoms with van der Waals surface area (Å²) in [6.07, 6.45) is 3.97. The van der Waals surface area contributed by atoms with Gasteiger partial charge in [0.25, 0.3) is 0 Å². The van der Waals surface area contributed by atoms with Crippen molar-refractivity contribution in [2.24, 2.45) is 0 Å². The maximum Gasteiger partial charge on any atom is 0.319 e. The molecule has 106 valence electrons. The molecular weight excluding hydrogens is 299 g/mol. The van der Waals surface area contributed by atoms with Gasteiger partial charge in [0.1, 0.15) is 0 Å². The molecule has 0 radical (unpaired) electrons. The van der Waals surface area contributed by atoms with E-state index in [1.54, 1.807) is 30.7 Å². The molecule has 2 N–H and O–H groups in total. The third-order valence-electron chi connectivity index (χ3n) is 2.68. The Hall–Kier alpha value is -1.65. The van der Waals surface area contributed by atoms with Crippen molar-refractivity contribution in [1.82, 2.24) is 5.32 Å². The minimum atomic E-state index is -0.292. The van der Waals surface area contributed by atoms with Gasteiger partial charge in [-0.1, -0.05) is 23.2 Å². The molecule has 20 heavy (non-hydrogen) atoms. The van der Waals surface area contributed by atoms with Gasteiger partial charge in [0.2, 0.25) is 0 Å². The number of rotatable bonds is 4. The lowest BCUT2D eigenvalue weighted by molar-refractivity contribution is 0.249. The van der Waals surface area contributed by atoms with Crippen LogP contribution in [0.3, 0.4) is 0 Å². The van der Waals surface area contributed by atoms with E-state index in [9.17, 15) is 4.79 Å². The van der Waals surface area contributed by atoms with Crippen LogP contribution in [0, 0.1) is 0 Å². The Morgan fingerprint density at radius 2 is 2.10 bits per heavy atom. The first kappa shape index (κ1) is 14.8. The van der Waals surface area contributed by atoms with Crippen LogP contribution >= 0.6 is 23.2 Å². The molecule has 0 saturated carbocycles. The average Bonchev–Trinajstić information content (AvgIpc) is 2.86. The van der Waals surface area contributed by atoms with Crippen LogP contribution in [0.1, 0.15) is 12.5 Å². The first-order valence-corrected chi connectivity index (χ1v) is 6.84. The largest absolute Gasteiger partial charge is 0.472 e. The molecule has 2 rings (SSSR count). The fourth-order valence-electron chi connectivity index (χ4n) is 1.78. The molecule has 0 saturated heterocycles. The molecule has 0 aliphatic rings. The number of furan rings is 1. The molecule has 6 heteroatoms. The van der Waals surface area contributed by atoms with E-state index in [2.05, 4.69) is 10.6 Å². The predicted molar refractivity (Wildman–Crippen MR) is 80.5 cm³/mol. The Labute approximate surface area is 127 Å². The molecule has 0 aliphatic carbocycles. The smallest absolute Gasteiger partial charge is 0.319 e. The van der Waals surface area contributed by atoms with E-state index < -0.39 is 0 Å². The van der Waals surface area contributed by atoms with Crippen LogP contribution in [0.15, 0.2) is 41.2 Å². The van der Waals surface area contributed by atoms with Gasteiger partial charge in [-0.3, -0.25) is 0 Å². The number of hydrogen-bond donors (Lipinski definition) is 2. The molecular formula is C14H14Cl2N2O2. The summed E-state index contributed by atoms with van der Waals surface area (Å²) in [6, 6.07) is 6.48. The molecule has 1 aromatic heterocycles. The quantitative estimate of drug-likeness (QED) is 0.882. The third kappa shape index (κ3) is 4.18. The zero-order valence-electron chi connectivity index (χ0n) is 10.8. The molecule has 4 nitrogen and oxygen atoms in total. The topological polar surface area (TPSA) is 54.3 Å². The number of amides is 2. The maximum atomic E-state index is 11.8. The molecule has 1 heterocycles. The van der Waals surface area contributed by atoms with Crippen LogP contribution in [-0.2, 0) is 6.42 Å². The number of anilines is 1. The fraction of sp³-hybridized carbons (Fsp3) is 0.214. The van der Waals surface area contributed by atoms with Crippen LogP contribution in [0.2, 0.25) is 10.0 Å². The summed E-state index contributed by atoms with van der Waals surface area (Å²) in [7, 11) is 0. The van der Waals surface area contributed by atoms with Crippen LogP contribution in [0.5, 0.6) is 0 Å². The van der Waals surface area contributed by atoms with Gasteiger partial charge in [0.15, 0.2) is 0 Å². The van der Waals surface area contributed by atoms with Crippen molar-refractivity contribution in [3.05, 3.63) is 52.4 Å². The number of carbonyl (C=O) groups is 1. The molecule has 0 spiro atoms. The summed E-state index contributed by atoms with van der Waals surface area (Å²) >= 11 is 11.7. The van der Waals surface area contributed by atoms with Gasteiger partial charge < -0.3 is 15.1 Å². The van der Waals surface area contributed by atoms with Gasteiger partial charge in [-0.25, -0.2) is 4.79 Å². The zero-order valence-corrected chi connectivity index (χ0v) is 12.3. The van der Waals surface area contributed by atoms with E-state index in [-0.39, 0.29) is 12.1 Å². The molecule has 1 atom stereocenters. The fourth-order valence-corrected chi connectivity index (χ4v) is 2.08. The summed E-state index contributed by atoms with van der Waals surface area (Å²) in [6.45, 7) is 1.92.